The van der Waals surface area contributed by atoms with Gasteiger partial charge in [0.25, 0.3) is 0 Å². The molecule has 1 saturated carbocycles. The number of nitrogens with zero attached hydrogens (tertiary/aromatic N) is 3. The number of azide groups is 1. The molecule has 19 heavy (non-hydrogen) atoms. The van der Waals surface area contributed by atoms with Crippen molar-refractivity contribution in [2.45, 2.75) is 45.2 Å². The molecule has 0 heterocycles. The second-order valence-corrected chi connectivity index (χ2v) is 5.00. The topological polar surface area (TPSA) is 48.8 Å². The molecule has 1 fully saturated rings. The number of alkyl halides is 1. The summed E-state index contributed by atoms with van der Waals surface area (Å²) >= 11 is 0. The highest BCUT2D eigenvalue weighted by atomic mass is 19.2. The van der Waals surface area contributed by atoms with Crippen molar-refractivity contribution < 1.29 is 8.87 Å². The predicted octanol–water partition coefficient (Wildman–Crippen LogP) is 5.63. The van der Waals surface area contributed by atoms with E-state index in [0.29, 0.717) is 0 Å². The van der Waals surface area contributed by atoms with E-state index >= 15 is 0 Å². The fourth-order valence-corrected chi connectivity index (χ4v) is 2.47. The summed E-state index contributed by atoms with van der Waals surface area (Å²) in [7, 11) is 0. The predicted molar refractivity (Wildman–Crippen MR) is 71.9 cm³/mol. The van der Waals surface area contributed by atoms with Gasteiger partial charge in [-0.2, -0.15) is 0 Å². The highest BCUT2D eigenvalue weighted by Crippen LogP contribution is 2.35. The van der Waals surface area contributed by atoms with Crippen LogP contribution in [-0.4, -0.2) is 0 Å². The Kier molecular flexibility index (Phi) is 6.90. The number of hydrogen-bond acceptors (Lipinski definition) is 1. The molecular weight excluding hydrogens is 248 g/mol. The minimum Gasteiger partial charge on any atom is -0.246 e. The molecule has 0 atom stereocenters. The Balaban J connectivity index is 0.000000399. The van der Waals surface area contributed by atoms with E-state index in [1.165, 1.54) is 36.6 Å². The molecule has 0 N–H and O–H groups in total. The summed E-state index contributed by atoms with van der Waals surface area (Å²) in [6.45, 7) is 1.99. The first-order chi connectivity index (χ1) is 9.21. The number of rotatable bonds is 2. The van der Waals surface area contributed by atoms with Crippen molar-refractivity contribution in [3.05, 3.63) is 45.8 Å². The third kappa shape index (κ3) is 5.26. The van der Waals surface area contributed by atoms with E-state index in [0.717, 1.165) is 17.4 Å². The second kappa shape index (κ2) is 8.48. The monoisotopic (exact) mass is 267 g/mol. The maximum atomic E-state index is 12.4. The van der Waals surface area contributed by atoms with Crippen LogP contribution in [0, 0.1) is 5.92 Å². The van der Waals surface area contributed by atoms with Gasteiger partial charge in [-0.3, -0.25) is 0 Å². The van der Waals surface area contributed by atoms with E-state index in [-0.39, 0.29) is 6.67 Å². The summed E-state index contributed by atoms with van der Waals surface area (Å²) in [6, 6.07) is 8.06. The number of hydrogen-bond donors (Lipinski definition) is 0. The molecule has 0 saturated heterocycles. The quantitative estimate of drug-likeness (QED) is 0.379. The van der Waals surface area contributed by atoms with E-state index in [2.05, 4.69) is 19.1 Å². The van der Waals surface area contributed by atoms with Gasteiger partial charge in [-0.15, -0.1) is 4.48 Å². The van der Waals surface area contributed by atoms with Crippen LogP contribution >= 0.6 is 0 Å². The summed E-state index contributed by atoms with van der Waals surface area (Å²) < 4.78 is 22.3. The van der Waals surface area contributed by atoms with Gasteiger partial charge in [-0.25, -0.2) is 4.39 Å². The van der Waals surface area contributed by atoms with Gasteiger partial charge < -0.3 is 0 Å². The van der Waals surface area contributed by atoms with Crippen LogP contribution in [0.15, 0.2) is 29.6 Å². The molecular formula is C14H19F2N3. The fraction of sp³-hybridized carbons (Fsp3) is 0.571. The zero-order valence-electron chi connectivity index (χ0n) is 11.1. The van der Waals surface area contributed by atoms with Crippen molar-refractivity contribution in [1.29, 1.82) is 0 Å². The van der Waals surface area contributed by atoms with Gasteiger partial charge in [0.15, 0.2) is 0 Å². The molecule has 1 aromatic rings. The molecule has 0 aliphatic heterocycles. The van der Waals surface area contributed by atoms with Crippen LogP contribution in [-0.2, 0) is 6.67 Å². The molecule has 104 valence electrons. The molecule has 1 aliphatic rings. The van der Waals surface area contributed by atoms with Crippen LogP contribution in [0.4, 0.5) is 8.87 Å². The summed E-state index contributed by atoms with van der Waals surface area (Å²) in [5.41, 5.74) is 9.15. The second-order valence-electron chi connectivity index (χ2n) is 5.00. The van der Waals surface area contributed by atoms with E-state index in [4.69, 9.17) is 5.53 Å². The van der Waals surface area contributed by atoms with Gasteiger partial charge in [-0.05, 0) is 41.3 Å². The average Bonchev–Trinajstić information content (AvgIpc) is 2.48. The Morgan fingerprint density at radius 1 is 1.21 bits per heavy atom. The van der Waals surface area contributed by atoms with Crippen molar-refractivity contribution in [2.75, 3.05) is 0 Å². The lowest BCUT2D eigenvalue weighted by molar-refractivity contribution is 0.348. The van der Waals surface area contributed by atoms with Crippen LogP contribution in [0.2, 0.25) is 0 Å². The number of benzene rings is 1. The van der Waals surface area contributed by atoms with Crippen LogP contribution in [0.25, 0.3) is 10.4 Å². The molecule has 3 nitrogen and oxygen atoms in total. The van der Waals surface area contributed by atoms with Crippen LogP contribution in [0.3, 0.4) is 0 Å². The average molecular weight is 267 g/mol. The third-order valence-electron chi connectivity index (χ3n) is 3.66. The summed E-state index contributed by atoms with van der Waals surface area (Å²) in [4.78, 5) is 1.69. The molecule has 0 bridgehead atoms. The normalized spacial score (nSPS) is 21.8. The minimum atomic E-state index is -0.345. The van der Waals surface area contributed by atoms with E-state index < -0.39 is 0 Å². The van der Waals surface area contributed by atoms with E-state index in [9.17, 15) is 8.87 Å². The largest absolute Gasteiger partial charge is 0.246 e. The highest BCUT2D eigenvalue weighted by molar-refractivity contribution is 5.25. The lowest BCUT2D eigenvalue weighted by atomic mass is 9.79. The first kappa shape index (κ1) is 15.4. The third-order valence-corrected chi connectivity index (χ3v) is 3.66. The van der Waals surface area contributed by atoms with Crippen LogP contribution in [0.1, 0.15) is 49.7 Å². The molecule has 0 aromatic heterocycles. The molecule has 1 aromatic carbocycles. The minimum absolute atomic E-state index is 0.345. The zero-order valence-corrected chi connectivity index (χ0v) is 11.1. The van der Waals surface area contributed by atoms with E-state index in [1.807, 2.05) is 12.1 Å². The zero-order chi connectivity index (χ0) is 14.1. The lowest BCUT2D eigenvalue weighted by Gasteiger charge is -2.26. The molecule has 0 spiro atoms. The molecule has 0 unspecified atom stereocenters. The maximum absolute atomic E-state index is 12.4. The summed E-state index contributed by atoms with van der Waals surface area (Å²) in [5, 5.41) is 1.42. The van der Waals surface area contributed by atoms with Gasteiger partial charge in [-0.1, -0.05) is 44.0 Å². The highest BCUT2D eigenvalue weighted by Gasteiger charge is 2.19. The van der Waals surface area contributed by atoms with Crippen LogP contribution < -0.4 is 0 Å². The first-order valence-corrected chi connectivity index (χ1v) is 6.51. The fourth-order valence-electron chi connectivity index (χ4n) is 2.47. The van der Waals surface area contributed by atoms with E-state index in [1.54, 1.807) is 4.91 Å². The Bertz CT molecular complexity index is 405. The Labute approximate surface area is 112 Å². The SMILES string of the molecule is CC1CCC(c2ccc(CF)cc2)CC1.[N-]=[N+]=NF. The summed E-state index contributed by atoms with van der Waals surface area (Å²) in [5.74, 6) is 1.61. The maximum Gasteiger partial charge on any atom is 0.115 e. The smallest absolute Gasteiger partial charge is 0.115 e. The molecule has 5 heteroatoms. The van der Waals surface area contributed by atoms with Crippen molar-refractivity contribution >= 4 is 0 Å². The van der Waals surface area contributed by atoms with Crippen molar-refractivity contribution in [3.63, 3.8) is 0 Å². The first-order valence-electron chi connectivity index (χ1n) is 6.51. The van der Waals surface area contributed by atoms with Crippen LogP contribution in [0.5, 0.6) is 0 Å². The Hall–Kier alpha value is -1.61. The van der Waals surface area contributed by atoms with Gasteiger partial charge in [0.1, 0.15) is 12.0 Å². The van der Waals surface area contributed by atoms with Gasteiger partial charge >= 0.3 is 0 Å². The van der Waals surface area contributed by atoms with Gasteiger partial charge in [0.05, 0.1) is 0 Å². The standard InChI is InChI=1S/C14H19F.FN3/c1-11-2-6-13(7-3-11)14-8-4-12(10-15)5-9-14;1-3-4-2/h4-5,8-9,11,13H,2-3,6-7,10H2,1H3;. The molecule has 2 rings (SSSR count). The number of halogens is 2. The van der Waals surface area contributed by atoms with Crippen molar-refractivity contribution in [1.82, 2.24) is 0 Å². The van der Waals surface area contributed by atoms with Crippen molar-refractivity contribution in [3.8, 4) is 0 Å². The Morgan fingerprint density at radius 2 is 1.74 bits per heavy atom. The van der Waals surface area contributed by atoms with Gasteiger partial charge in [0.2, 0.25) is 0 Å². The molecule has 1 aliphatic carbocycles. The Morgan fingerprint density at radius 3 is 2.16 bits per heavy atom. The summed E-state index contributed by atoms with van der Waals surface area (Å²) in [6.07, 6.45) is 5.29. The molecule has 0 amide bonds. The van der Waals surface area contributed by atoms with Gasteiger partial charge in [0, 0.05) is 4.91 Å². The van der Waals surface area contributed by atoms with Crippen molar-refractivity contribution in [2.24, 2.45) is 11.3 Å². The lowest BCUT2D eigenvalue weighted by Crippen LogP contribution is -2.10. The molecule has 0 radical (unpaired) electrons.